The molecule has 2 rings (SSSR count). The van der Waals surface area contributed by atoms with Crippen molar-refractivity contribution in [1.29, 1.82) is 0 Å². The fourth-order valence-electron chi connectivity index (χ4n) is 1.20. The van der Waals surface area contributed by atoms with Crippen LogP contribution in [0.25, 0.3) is 14.7 Å². The van der Waals surface area contributed by atoms with Gasteiger partial charge in [-0.05, 0) is 29.0 Å². The Bertz CT molecular complexity index is 463. The summed E-state index contributed by atoms with van der Waals surface area (Å²) in [6, 6.07) is 8.50. The molecule has 0 saturated heterocycles. The molecule has 0 N–H and O–H groups in total. The van der Waals surface area contributed by atoms with Crippen LogP contribution < -0.4 is 0 Å². The van der Waals surface area contributed by atoms with Crippen molar-refractivity contribution in [3.63, 3.8) is 0 Å². The Labute approximate surface area is 102 Å². The molecule has 0 aromatic carbocycles. The van der Waals surface area contributed by atoms with Gasteiger partial charge in [-0.25, -0.2) is 0 Å². The van der Waals surface area contributed by atoms with Gasteiger partial charge in [-0.15, -0.1) is 22.7 Å². The van der Waals surface area contributed by atoms with E-state index >= 15 is 0 Å². The molecule has 2 heterocycles. The van der Waals surface area contributed by atoms with Gasteiger partial charge < -0.3 is 0 Å². The van der Waals surface area contributed by atoms with Gasteiger partial charge in [-0.1, -0.05) is 31.0 Å². The van der Waals surface area contributed by atoms with Gasteiger partial charge >= 0.3 is 0 Å². The lowest BCUT2D eigenvalue weighted by Gasteiger charge is -1.95. The highest BCUT2D eigenvalue weighted by molar-refractivity contribution is 8.11. The lowest BCUT2D eigenvalue weighted by atomic mass is 10.4. The SMILES string of the molecule is C=CSC(=C)c1ccc(-c2cccs2)s1. The maximum Gasteiger partial charge on any atom is 0.0449 e. The average molecular weight is 250 g/mol. The lowest BCUT2D eigenvalue weighted by Crippen LogP contribution is -1.64. The molecule has 3 heteroatoms. The molecule has 0 aliphatic heterocycles. The number of hydrogen-bond donors (Lipinski definition) is 0. The first-order valence-electron chi connectivity index (χ1n) is 4.42. The van der Waals surface area contributed by atoms with E-state index < -0.39 is 0 Å². The van der Waals surface area contributed by atoms with Crippen LogP contribution in [-0.2, 0) is 0 Å². The molecule has 0 saturated carbocycles. The van der Waals surface area contributed by atoms with Crippen LogP contribution in [0.5, 0.6) is 0 Å². The van der Waals surface area contributed by atoms with Crippen molar-refractivity contribution < 1.29 is 0 Å². The summed E-state index contributed by atoms with van der Waals surface area (Å²) in [6.45, 7) is 7.71. The zero-order valence-corrected chi connectivity index (χ0v) is 10.6. The van der Waals surface area contributed by atoms with E-state index in [1.54, 1.807) is 34.4 Å². The summed E-state index contributed by atoms with van der Waals surface area (Å²) in [7, 11) is 0. The summed E-state index contributed by atoms with van der Waals surface area (Å²) >= 11 is 5.13. The van der Waals surface area contributed by atoms with Gasteiger partial charge in [-0.2, -0.15) is 0 Å². The maximum atomic E-state index is 4.01. The molecule has 2 aromatic rings. The third kappa shape index (κ3) is 2.43. The quantitative estimate of drug-likeness (QED) is 0.707. The normalized spacial score (nSPS) is 10.1. The molecule has 76 valence electrons. The summed E-state index contributed by atoms with van der Waals surface area (Å²) in [5.74, 6) is 0. The van der Waals surface area contributed by atoms with Crippen molar-refractivity contribution in [3.05, 3.63) is 53.1 Å². The van der Waals surface area contributed by atoms with Crippen molar-refractivity contribution in [2.75, 3.05) is 0 Å². The van der Waals surface area contributed by atoms with E-state index in [0.29, 0.717) is 0 Å². The first-order valence-corrected chi connectivity index (χ1v) is 6.99. The Morgan fingerprint density at radius 3 is 2.80 bits per heavy atom. The van der Waals surface area contributed by atoms with E-state index in [-0.39, 0.29) is 0 Å². The van der Waals surface area contributed by atoms with Crippen molar-refractivity contribution in [2.45, 2.75) is 0 Å². The van der Waals surface area contributed by atoms with Crippen LogP contribution in [0.15, 0.2) is 48.2 Å². The smallest absolute Gasteiger partial charge is 0.0449 e. The molecule has 15 heavy (non-hydrogen) atoms. The summed E-state index contributed by atoms with van der Waals surface area (Å²) < 4.78 is 0. The van der Waals surface area contributed by atoms with Crippen LogP contribution in [0.3, 0.4) is 0 Å². The summed E-state index contributed by atoms with van der Waals surface area (Å²) in [5.41, 5.74) is 0. The molecule has 0 aliphatic rings. The zero-order chi connectivity index (χ0) is 10.7. The number of hydrogen-bond acceptors (Lipinski definition) is 3. The van der Waals surface area contributed by atoms with Crippen molar-refractivity contribution >= 4 is 39.3 Å². The third-order valence-corrected chi connectivity index (χ3v) is 4.88. The number of thioether (sulfide) groups is 1. The highest BCUT2D eigenvalue weighted by Gasteiger charge is 2.05. The van der Waals surface area contributed by atoms with Crippen LogP contribution in [0.1, 0.15) is 4.88 Å². The molecule has 0 aliphatic carbocycles. The maximum absolute atomic E-state index is 4.01. The Hall–Kier alpha value is -0.770. The molecule has 0 amide bonds. The molecule has 0 fully saturated rings. The highest BCUT2D eigenvalue weighted by Crippen LogP contribution is 2.37. The number of rotatable bonds is 4. The molecular weight excluding hydrogens is 240 g/mol. The second kappa shape index (κ2) is 4.84. The van der Waals surface area contributed by atoms with Gasteiger partial charge in [0.1, 0.15) is 0 Å². The second-order valence-electron chi connectivity index (χ2n) is 2.85. The van der Waals surface area contributed by atoms with Crippen LogP contribution in [-0.4, -0.2) is 0 Å². The van der Waals surface area contributed by atoms with Gasteiger partial charge in [-0.3, -0.25) is 0 Å². The van der Waals surface area contributed by atoms with E-state index in [4.69, 9.17) is 0 Å². The zero-order valence-electron chi connectivity index (χ0n) is 8.10. The molecule has 2 aromatic heterocycles. The van der Waals surface area contributed by atoms with Gasteiger partial charge in [0.05, 0.1) is 0 Å². The highest BCUT2D eigenvalue weighted by atomic mass is 32.2. The van der Waals surface area contributed by atoms with E-state index in [1.807, 2.05) is 5.41 Å². The third-order valence-electron chi connectivity index (χ3n) is 1.87. The lowest BCUT2D eigenvalue weighted by molar-refractivity contribution is 1.91. The topological polar surface area (TPSA) is 0 Å². The summed E-state index contributed by atoms with van der Waals surface area (Å²) in [5, 5.41) is 3.91. The predicted molar refractivity (Wildman–Crippen MR) is 74.5 cm³/mol. The molecule has 0 unspecified atom stereocenters. The first-order chi connectivity index (χ1) is 7.31. The second-order valence-corrected chi connectivity index (χ2v) is 5.94. The molecule has 0 radical (unpaired) electrons. The monoisotopic (exact) mass is 250 g/mol. The minimum Gasteiger partial charge on any atom is -0.143 e. The van der Waals surface area contributed by atoms with Crippen molar-refractivity contribution in [1.82, 2.24) is 0 Å². The summed E-state index contributed by atoms with van der Waals surface area (Å²) in [6.07, 6.45) is 0. The molecule has 0 spiro atoms. The fraction of sp³-hybridized carbons (Fsp3) is 0. The van der Waals surface area contributed by atoms with Gasteiger partial charge in [0, 0.05) is 19.5 Å². The average Bonchev–Trinajstić information content (AvgIpc) is 2.89. The van der Waals surface area contributed by atoms with E-state index in [9.17, 15) is 0 Å². The summed E-state index contributed by atoms with van der Waals surface area (Å²) in [4.78, 5) is 4.93. The Kier molecular flexibility index (Phi) is 3.46. The standard InChI is InChI=1S/C12H10S3/c1-3-13-9(2)10-6-7-12(15-10)11-5-4-8-14-11/h3-8H,1-2H2. The molecular formula is C12H10S3. The molecule has 0 nitrogen and oxygen atoms in total. The first kappa shape index (κ1) is 10.7. The minimum absolute atomic E-state index is 1.07. The van der Waals surface area contributed by atoms with Crippen LogP contribution in [0.4, 0.5) is 0 Å². The van der Waals surface area contributed by atoms with Crippen LogP contribution in [0, 0.1) is 0 Å². The Morgan fingerprint density at radius 2 is 2.13 bits per heavy atom. The largest absolute Gasteiger partial charge is 0.143 e. The molecule has 0 bridgehead atoms. The van der Waals surface area contributed by atoms with Gasteiger partial charge in [0.15, 0.2) is 0 Å². The van der Waals surface area contributed by atoms with Crippen LogP contribution in [0.2, 0.25) is 0 Å². The van der Waals surface area contributed by atoms with E-state index in [0.717, 1.165) is 4.91 Å². The van der Waals surface area contributed by atoms with Crippen molar-refractivity contribution in [3.8, 4) is 9.75 Å². The van der Waals surface area contributed by atoms with E-state index in [2.05, 4.69) is 42.8 Å². The predicted octanol–water partition coefficient (Wildman–Crippen LogP) is 5.32. The van der Waals surface area contributed by atoms with Gasteiger partial charge in [0.2, 0.25) is 0 Å². The Balaban J connectivity index is 2.24. The number of thiophene rings is 2. The van der Waals surface area contributed by atoms with Crippen molar-refractivity contribution in [2.24, 2.45) is 0 Å². The van der Waals surface area contributed by atoms with Gasteiger partial charge in [0.25, 0.3) is 0 Å². The fourth-order valence-corrected chi connectivity index (χ4v) is 3.56. The molecule has 0 atom stereocenters. The minimum atomic E-state index is 1.07. The van der Waals surface area contributed by atoms with Crippen LogP contribution >= 0.6 is 34.4 Å². The van der Waals surface area contributed by atoms with E-state index in [1.165, 1.54) is 14.6 Å². The Morgan fingerprint density at radius 1 is 1.27 bits per heavy atom.